The van der Waals surface area contributed by atoms with Crippen molar-refractivity contribution in [2.24, 2.45) is 0 Å². The second-order valence-corrected chi connectivity index (χ2v) is 4.60. The van der Waals surface area contributed by atoms with Crippen molar-refractivity contribution in [2.45, 2.75) is 13.5 Å². The maximum absolute atomic E-state index is 12.0. The van der Waals surface area contributed by atoms with E-state index >= 15 is 0 Å². The Kier molecular flexibility index (Phi) is 5.15. The quantitative estimate of drug-likeness (QED) is 0.918. The summed E-state index contributed by atoms with van der Waals surface area (Å²) in [6.45, 7) is 3.12. The Morgan fingerprint density at radius 2 is 2.05 bits per heavy atom. The molecule has 1 aromatic heterocycles. The highest BCUT2D eigenvalue weighted by Gasteiger charge is 2.09. The molecule has 0 fully saturated rings. The number of rotatable bonds is 5. The van der Waals surface area contributed by atoms with Gasteiger partial charge in [-0.2, -0.15) is 0 Å². The first-order chi connectivity index (χ1) is 10.2. The van der Waals surface area contributed by atoms with Crippen molar-refractivity contribution in [3.8, 4) is 5.75 Å². The third-order valence-corrected chi connectivity index (χ3v) is 2.91. The lowest BCUT2D eigenvalue weighted by Crippen LogP contribution is -2.30. The molecule has 0 bridgehead atoms. The molecule has 2 amide bonds. The molecule has 0 radical (unpaired) electrons. The molecule has 110 valence electrons. The smallest absolute Gasteiger partial charge is 0.321 e. The Morgan fingerprint density at radius 3 is 2.67 bits per heavy atom. The fourth-order valence-electron chi connectivity index (χ4n) is 1.86. The number of hydrogen-bond acceptors (Lipinski definition) is 3. The Bertz CT molecular complexity index is 570. The highest BCUT2D eigenvalue weighted by molar-refractivity contribution is 5.88. The molecule has 0 aliphatic rings. The minimum Gasteiger partial charge on any atom is -0.494 e. The lowest BCUT2D eigenvalue weighted by Gasteiger charge is -2.18. The summed E-state index contributed by atoms with van der Waals surface area (Å²) in [6, 6.07) is 11.1. The second kappa shape index (κ2) is 7.28. The van der Waals surface area contributed by atoms with Crippen molar-refractivity contribution in [1.29, 1.82) is 0 Å². The molecule has 5 heteroatoms. The second-order valence-electron chi connectivity index (χ2n) is 4.60. The zero-order valence-electron chi connectivity index (χ0n) is 12.2. The lowest BCUT2D eigenvalue weighted by atomic mass is 10.2. The molecule has 2 rings (SSSR count). The van der Waals surface area contributed by atoms with Gasteiger partial charge in [0.15, 0.2) is 0 Å². The minimum atomic E-state index is -0.170. The third kappa shape index (κ3) is 4.49. The van der Waals surface area contributed by atoms with Gasteiger partial charge >= 0.3 is 6.03 Å². The molecule has 0 aliphatic heterocycles. The van der Waals surface area contributed by atoms with Gasteiger partial charge in [-0.15, -0.1) is 0 Å². The summed E-state index contributed by atoms with van der Waals surface area (Å²) < 4.78 is 5.39. The van der Waals surface area contributed by atoms with Gasteiger partial charge in [-0.3, -0.25) is 4.98 Å². The highest BCUT2D eigenvalue weighted by atomic mass is 16.5. The average molecular weight is 285 g/mol. The number of amides is 2. The predicted molar refractivity (Wildman–Crippen MR) is 82.3 cm³/mol. The van der Waals surface area contributed by atoms with Crippen LogP contribution in [0.4, 0.5) is 10.5 Å². The van der Waals surface area contributed by atoms with Crippen molar-refractivity contribution in [1.82, 2.24) is 9.88 Å². The number of pyridine rings is 1. The molecule has 0 saturated heterocycles. The first-order valence-corrected chi connectivity index (χ1v) is 6.83. The van der Waals surface area contributed by atoms with Crippen LogP contribution >= 0.6 is 0 Å². The molecule has 0 unspecified atom stereocenters. The molecule has 0 aliphatic carbocycles. The fourth-order valence-corrected chi connectivity index (χ4v) is 1.86. The van der Waals surface area contributed by atoms with Crippen LogP contribution in [0.3, 0.4) is 0 Å². The molecular formula is C16H19N3O2. The number of hydrogen-bond donors (Lipinski definition) is 1. The number of carbonyl (C=O) groups is 1. The van der Waals surface area contributed by atoms with Gasteiger partial charge < -0.3 is 15.0 Å². The van der Waals surface area contributed by atoms with Gasteiger partial charge in [-0.05, 0) is 36.8 Å². The van der Waals surface area contributed by atoms with Crippen molar-refractivity contribution < 1.29 is 9.53 Å². The standard InChI is InChI=1S/C16H19N3O2/c1-3-21-15-8-6-13(7-9-15)12-19(2)16(20)18-14-5-4-10-17-11-14/h4-11H,3,12H2,1-2H3,(H,18,20). The molecule has 21 heavy (non-hydrogen) atoms. The SMILES string of the molecule is CCOc1ccc(CN(C)C(=O)Nc2cccnc2)cc1. The minimum absolute atomic E-state index is 0.170. The summed E-state index contributed by atoms with van der Waals surface area (Å²) in [6.07, 6.45) is 3.28. The molecule has 0 atom stereocenters. The first-order valence-electron chi connectivity index (χ1n) is 6.83. The summed E-state index contributed by atoms with van der Waals surface area (Å²) >= 11 is 0. The van der Waals surface area contributed by atoms with Crippen LogP contribution in [-0.4, -0.2) is 29.6 Å². The first kappa shape index (κ1) is 14.8. The van der Waals surface area contributed by atoms with E-state index in [1.807, 2.05) is 31.2 Å². The van der Waals surface area contributed by atoms with Crippen LogP contribution < -0.4 is 10.1 Å². The number of anilines is 1. The Labute approximate surface area is 124 Å². The van der Waals surface area contributed by atoms with E-state index in [1.165, 1.54) is 0 Å². The van der Waals surface area contributed by atoms with Crippen molar-refractivity contribution in [2.75, 3.05) is 19.0 Å². The van der Waals surface area contributed by atoms with E-state index in [0.717, 1.165) is 11.3 Å². The number of nitrogens with zero attached hydrogens (tertiary/aromatic N) is 2. The average Bonchev–Trinajstić information content (AvgIpc) is 2.50. The van der Waals surface area contributed by atoms with E-state index in [-0.39, 0.29) is 6.03 Å². The number of ether oxygens (including phenoxy) is 1. The zero-order chi connectivity index (χ0) is 15.1. The van der Waals surface area contributed by atoms with Gasteiger partial charge in [-0.25, -0.2) is 4.79 Å². The molecular weight excluding hydrogens is 266 g/mol. The monoisotopic (exact) mass is 285 g/mol. The van der Waals surface area contributed by atoms with Crippen LogP contribution in [-0.2, 0) is 6.54 Å². The van der Waals surface area contributed by atoms with E-state index in [9.17, 15) is 4.79 Å². The number of benzene rings is 1. The fraction of sp³-hybridized carbons (Fsp3) is 0.250. The van der Waals surface area contributed by atoms with E-state index in [1.54, 1.807) is 36.5 Å². The maximum Gasteiger partial charge on any atom is 0.321 e. The molecule has 1 N–H and O–H groups in total. The molecule has 5 nitrogen and oxygen atoms in total. The molecule has 0 saturated carbocycles. The van der Waals surface area contributed by atoms with Gasteiger partial charge in [-0.1, -0.05) is 12.1 Å². The van der Waals surface area contributed by atoms with Crippen LogP contribution in [0.5, 0.6) is 5.75 Å². The van der Waals surface area contributed by atoms with Gasteiger partial charge in [0.05, 0.1) is 18.5 Å². The molecule has 2 aromatic rings. The predicted octanol–water partition coefficient (Wildman–Crippen LogP) is 3.14. The Balaban J connectivity index is 1.91. The summed E-state index contributed by atoms with van der Waals surface area (Å²) in [4.78, 5) is 17.6. The van der Waals surface area contributed by atoms with Crippen LogP contribution in [0, 0.1) is 0 Å². The largest absolute Gasteiger partial charge is 0.494 e. The van der Waals surface area contributed by atoms with E-state index in [2.05, 4.69) is 10.3 Å². The van der Waals surface area contributed by atoms with E-state index in [4.69, 9.17) is 4.74 Å². The summed E-state index contributed by atoms with van der Waals surface area (Å²) in [5, 5.41) is 2.79. The highest BCUT2D eigenvalue weighted by Crippen LogP contribution is 2.13. The number of nitrogens with one attached hydrogen (secondary N) is 1. The topological polar surface area (TPSA) is 54.5 Å². The van der Waals surface area contributed by atoms with Crippen molar-refractivity contribution in [3.05, 3.63) is 54.4 Å². The van der Waals surface area contributed by atoms with Crippen molar-refractivity contribution >= 4 is 11.7 Å². The molecule has 1 aromatic carbocycles. The summed E-state index contributed by atoms with van der Waals surface area (Å²) in [5.41, 5.74) is 1.73. The normalized spacial score (nSPS) is 10.0. The zero-order valence-corrected chi connectivity index (χ0v) is 12.2. The summed E-state index contributed by atoms with van der Waals surface area (Å²) in [7, 11) is 1.75. The maximum atomic E-state index is 12.0. The number of urea groups is 1. The lowest BCUT2D eigenvalue weighted by molar-refractivity contribution is 0.220. The van der Waals surface area contributed by atoms with E-state index < -0.39 is 0 Å². The van der Waals surface area contributed by atoms with Gasteiger partial charge in [0.2, 0.25) is 0 Å². The number of aromatic nitrogens is 1. The van der Waals surface area contributed by atoms with Crippen LogP contribution in [0.2, 0.25) is 0 Å². The van der Waals surface area contributed by atoms with Gasteiger partial charge in [0, 0.05) is 19.8 Å². The molecule has 0 spiro atoms. The Morgan fingerprint density at radius 1 is 1.29 bits per heavy atom. The van der Waals surface area contributed by atoms with E-state index in [0.29, 0.717) is 18.8 Å². The van der Waals surface area contributed by atoms with Crippen LogP contribution in [0.25, 0.3) is 0 Å². The van der Waals surface area contributed by atoms with Crippen molar-refractivity contribution in [3.63, 3.8) is 0 Å². The third-order valence-electron chi connectivity index (χ3n) is 2.91. The Hall–Kier alpha value is -2.56. The van der Waals surface area contributed by atoms with Gasteiger partial charge in [0.1, 0.15) is 5.75 Å². The number of carbonyl (C=O) groups excluding carboxylic acids is 1. The molecule has 1 heterocycles. The van der Waals surface area contributed by atoms with Gasteiger partial charge in [0.25, 0.3) is 0 Å². The summed E-state index contributed by atoms with van der Waals surface area (Å²) in [5.74, 6) is 0.837. The van der Waals surface area contributed by atoms with Crippen LogP contribution in [0.1, 0.15) is 12.5 Å². The van der Waals surface area contributed by atoms with Crippen LogP contribution in [0.15, 0.2) is 48.8 Å².